The molecule has 0 radical (unpaired) electrons. The van der Waals surface area contributed by atoms with Crippen molar-refractivity contribution < 1.29 is 8.42 Å². The molecule has 3 aromatic heterocycles. The molecule has 4 heterocycles. The van der Waals surface area contributed by atoms with E-state index in [1.807, 2.05) is 22.3 Å². The zero-order valence-electron chi connectivity index (χ0n) is 17.1. The first-order valence-corrected chi connectivity index (χ1v) is 12.6. The first-order chi connectivity index (χ1) is 15.4. The molecule has 0 amide bonds. The number of hydrogen-bond acceptors (Lipinski definition) is 9. The molecule has 0 spiro atoms. The van der Waals surface area contributed by atoms with E-state index in [1.165, 1.54) is 17.6 Å². The topological polar surface area (TPSA) is 126 Å². The van der Waals surface area contributed by atoms with E-state index in [2.05, 4.69) is 26.8 Å². The van der Waals surface area contributed by atoms with Crippen LogP contribution in [0, 0.1) is 11.3 Å². The molecule has 9 nitrogen and oxygen atoms in total. The minimum Gasteiger partial charge on any atom is -0.324 e. The Balaban J connectivity index is 1.50. The fraction of sp³-hybridized carbons (Fsp3) is 0.238. The van der Waals surface area contributed by atoms with E-state index in [9.17, 15) is 13.7 Å². The Kier molecular flexibility index (Phi) is 4.93. The predicted molar refractivity (Wildman–Crippen MR) is 123 cm³/mol. The van der Waals surface area contributed by atoms with E-state index >= 15 is 0 Å². The van der Waals surface area contributed by atoms with Gasteiger partial charge < -0.3 is 10.6 Å². The zero-order valence-corrected chi connectivity index (χ0v) is 18.7. The lowest BCUT2D eigenvalue weighted by Gasteiger charge is -2.41. The number of nitriles is 1. The SMILES string of the molecule is CS(=O)(=O)c1ccc(Nc2nc(-c3cnn(C4(CC#N)CNC4)c3)c3ccsc3n2)cc1. The summed E-state index contributed by atoms with van der Waals surface area (Å²) in [4.78, 5) is 10.4. The lowest BCUT2D eigenvalue weighted by Crippen LogP contribution is -2.60. The first kappa shape index (κ1) is 20.6. The number of sulfone groups is 1. The number of fused-ring (bicyclic) bond motifs is 1. The molecule has 1 aliphatic rings. The molecule has 0 saturated carbocycles. The van der Waals surface area contributed by atoms with Gasteiger partial charge in [-0.25, -0.2) is 18.4 Å². The standard InChI is InChI=1S/C21H19N7O2S2/c1-32(29,30)16-4-2-15(3-5-16)25-20-26-18(17-6-9-31-19(17)27-20)14-10-24-28(11-14)21(7-8-22)12-23-13-21/h2-6,9-11,23H,7,12-13H2,1H3,(H,25,26,27). The van der Waals surface area contributed by atoms with Crippen LogP contribution in [0.2, 0.25) is 0 Å². The summed E-state index contributed by atoms with van der Waals surface area (Å²) in [6, 6.07) is 10.7. The second-order valence-corrected chi connectivity index (χ2v) is 10.7. The van der Waals surface area contributed by atoms with Gasteiger partial charge >= 0.3 is 0 Å². The number of benzene rings is 1. The van der Waals surface area contributed by atoms with Crippen molar-refractivity contribution in [1.82, 2.24) is 25.1 Å². The fourth-order valence-electron chi connectivity index (χ4n) is 3.68. The molecule has 1 aliphatic heterocycles. The molecule has 0 aliphatic carbocycles. The second-order valence-electron chi connectivity index (χ2n) is 7.79. The minimum atomic E-state index is -3.26. The van der Waals surface area contributed by atoms with E-state index < -0.39 is 9.84 Å². The molecule has 1 fully saturated rings. The number of anilines is 2. The highest BCUT2D eigenvalue weighted by atomic mass is 32.2. The van der Waals surface area contributed by atoms with Crippen molar-refractivity contribution in [3.05, 3.63) is 48.1 Å². The summed E-state index contributed by atoms with van der Waals surface area (Å²) in [5.74, 6) is 0.409. The normalized spacial score (nSPS) is 15.2. The summed E-state index contributed by atoms with van der Waals surface area (Å²) in [6.07, 6.45) is 5.26. The van der Waals surface area contributed by atoms with Gasteiger partial charge in [0.1, 0.15) is 10.4 Å². The molecule has 0 unspecified atom stereocenters. The number of aromatic nitrogens is 4. The van der Waals surface area contributed by atoms with Gasteiger partial charge in [-0.3, -0.25) is 4.68 Å². The maximum Gasteiger partial charge on any atom is 0.229 e. The Labute approximate surface area is 188 Å². The Morgan fingerprint density at radius 1 is 1.25 bits per heavy atom. The van der Waals surface area contributed by atoms with E-state index in [4.69, 9.17) is 4.98 Å². The highest BCUT2D eigenvalue weighted by Crippen LogP contribution is 2.33. The van der Waals surface area contributed by atoms with Gasteiger partial charge in [0.25, 0.3) is 0 Å². The van der Waals surface area contributed by atoms with Gasteiger partial charge in [0.05, 0.1) is 29.3 Å². The van der Waals surface area contributed by atoms with Crippen LogP contribution in [0.25, 0.3) is 21.5 Å². The Morgan fingerprint density at radius 2 is 2.03 bits per heavy atom. The van der Waals surface area contributed by atoms with Crippen molar-refractivity contribution in [2.75, 3.05) is 24.7 Å². The molecule has 2 N–H and O–H groups in total. The van der Waals surface area contributed by atoms with Crippen molar-refractivity contribution in [3.8, 4) is 17.3 Å². The van der Waals surface area contributed by atoms with Gasteiger partial charge in [0, 0.05) is 42.2 Å². The third-order valence-corrected chi connectivity index (χ3v) is 7.46. The van der Waals surface area contributed by atoms with Crippen molar-refractivity contribution >= 4 is 43.0 Å². The maximum absolute atomic E-state index is 11.7. The predicted octanol–water partition coefficient (Wildman–Crippen LogP) is 2.91. The van der Waals surface area contributed by atoms with Crippen molar-refractivity contribution in [3.63, 3.8) is 0 Å². The Hall–Kier alpha value is -3.33. The van der Waals surface area contributed by atoms with Crippen molar-refractivity contribution in [1.29, 1.82) is 5.26 Å². The third kappa shape index (κ3) is 3.62. The fourth-order valence-corrected chi connectivity index (χ4v) is 5.07. The van der Waals surface area contributed by atoms with Crippen LogP contribution >= 0.6 is 11.3 Å². The van der Waals surface area contributed by atoms with Gasteiger partial charge in [-0.05, 0) is 35.7 Å². The number of nitrogens with one attached hydrogen (secondary N) is 2. The highest BCUT2D eigenvalue weighted by molar-refractivity contribution is 7.90. The van der Waals surface area contributed by atoms with Gasteiger partial charge in [-0.2, -0.15) is 10.4 Å². The van der Waals surface area contributed by atoms with Crippen LogP contribution in [0.4, 0.5) is 11.6 Å². The van der Waals surface area contributed by atoms with Gasteiger partial charge in [0.2, 0.25) is 5.95 Å². The van der Waals surface area contributed by atoms with Gasteiger partial charge in [0.15, 0.2) is 9.84 Å². The average molecular weight is 466 g/mol. The monoisotopic (exact) mass is 465 g/mol. The minimum absolute atomic E-state index is 0.252. The van der Waals surface area contributed by atoms with Crippen LogP contribution in [0.3, 0.4) is 0 Å². The summed E-state index contributed by atoms with van der Waals surface area (Å²) in [5, 5.41) is 23.0. The van der Waals surface area contributed by atoms with E-state index in [1.54, 1.807) is 30.5 Å². The molecule has 11 heteroatoms. The molecule has 1 aromatic carbocycles. The number of thiophene rings is 1. The number of hydrogen-bond donors (Lipinski definition) is 2. The van der Waals surface area contributed by atoms with Crippen LogP contribution < -0.4 is 10.6 Å². The molecule has 0 bridgehead atoms. The summed E-state index contributed by atoms with van der Waals surface area (Å²) >= 11 is 1.51. The third-order valence-electron chi connectivity index (χ3n) is 5.52. The molecule has 32 heavy (non-hydrogen) atoms. The Morgan fingerprint density at radius 3 is 2.69 bits per heavy atom. The van der Waals surface area contributed by atoms with E-state index in [0.29, 0.717) is 31.1 Å². The lowest BCUT2D eigenvalue weighted by molar-refractivity contribution is 0.160. The lowest BCUT2D eigenvalue weighted by atomic mass is 9.89. The molecule has 162 valence electrons. The van der Waals surface area contributed by atoms with Crippen molar-refractivity contribution in [2.45, 2.75) is 16.9 Å². The maximum atomic E-state index is 11.7. The highest BCUT2D eigenvalue weighted by Gasteiger charge is 2.39. The van der Waals surface area contributed by atoms with Crippen LogP contribution in [-0.4, -0.2) is 47.5 Å². The zero-order chi connectivity index (χ0) is 22.3. The van der Waals surface area contributed by atoms with E-state index in [-0.39, 0.29) is 10.4 Å². The summed E-state index contributed by atoms with van der Waals surface area (Å²) in [7, 11) is -3.26. The molecule has 1 saturated heterocycles. The van der Waals surface area contributed by atoms with Crippen LogP contribution in [-0.2, 0) is 15.4 Å². The molecule has 4 aromatic rings. The molecular formula is C21H19N7O2S2. The average Bonchev–Trinajstić information content (AvgIpc) is 3.40. The Bertz CT molecular complexity index is 1450. The van der Waals surface area contributed by atoms with Gasteiger partial charge in [-0.15, -0.1) is 11.3 Å². The summed E-state index contributed by atoms with van der Waals surface area (Å²) in [5.41, 5.74) is 1.95. The number of rotatable bonds is 6. The molecule has 0 atom stereocenters. The van der Waals surface area contributed by atoms with Crippen LogP contribution in [0.1, 0.15) is 6.42 Å². The smallest absolute Gasteiger partial charge is 0.229 e. The molecule has 5 rings (SSSR count). The van der Waals surface area contributed by atoms with E-state index in [0.717, 1.165) is 21.5 Å². The largest absolute Gasteiger partial charge is 0.324 e. The van der Waals surface area contributed by atoms with Crippen LogP contribution in [0.5, 0.6) is 0 Å². The number of nitrogens with zero attached hydrogens (tertiary/aromatic N) is 5. The van der Waals surface area contributed by atoms with Gasteiger partial charge in [-0.1, -0.05) is 0 Å². The van der Waals surface area contributed by atoms with Crippen LogP contribution in [0.15, 0.2) is 53.0 Å². The summed E-state index contributed by atoms with van der Waals surface area (Å²) in [6.45, 7) is 1.41. The quantitative estimate of drug-likeness (QED) is 0.445. The second kappa shape index (κ2) is 7.67. The van der Waals surface area contributed by atoms with Crippen molar-refractivity contribution in [2.24, 2.45) is 0 Å². The summed E-state index contributed by atoms with van der Waals surface area (Å²) < 4.78 is 25.2. The first-order valence-electron chi connectivity index (χ1n) is 9.84. The molecular weight excluding hydrogens is 446 g/mol.